The van der Waals surface area contributed by atoms with Gasteiger partial charge in [0.05, 0.1) is 12.0 Å². The average Bonchev–Trinajstić information content (AvgIpc) is 2.80. The molecular weight excluding hydrogens is 318 g/mol. The number of nitrogens with one attached hydrogen (secondary N) is 1. The minimum Gasteiger partial charge on any atom is -0.481 e. The van der Waals surface area contributed by atoms with Crippen molar-refractivity contribution in [2.24, 2.45) is 0 Å². The second kappa shape index (κ2) is 7.36. The molecule has 0 bridgehead atoms. The highest BCUT2D eigenvalue weighted by Crippen LogP contribution is 2.34. The molecule has 0 saturated carbocycles. The summed E-state index contributed by atoms with van der Waals surface area (Å²) in [4.78, 5) is 32.6. The minimum absolute atomic E-state index is 0.0942. The Kier molecular flexibility index (Phi) is 5.49. The van der Waals surface area contributed by atoms with Gasteiger partial charge in [-0.05, 0) is 32.8 Å². The molecule has 2 heterocycles. The molecule has 0 aliphatic rings. The second-order valence-corrected chi connectivity index (χ2v) is 6.00. The van der Waals surface area contributed by atoms with Crippen LogP contribution in [0, 0.1) is 13.8 Å². The maximum Gasteiger partial charge on any atom is 0.348 e. The zero-order chi connectivity index (χ0) is 17.0. The zero-order valence-electron chi connectivity index (χ0n) is 13.3. The lowest BCUT2D eigenvalue weighted by Crippen LogP contribution is -2.08. The summed E-state index contributed by atoms with van der Waals surface area (Å²) in [5.41, 5.74) is 0.782. The van der Waals surface area contributed by atoms with Crippen molar-refractivity contribution < 1.29 is 19.4 Å². The van der Waals surface area contributed by atoms with E-state index in [1.807, 2.05) is 6.92 Å². The van der Waals surface area contributed by atoms with Gasteiger partial charge in [0.25, 0.3) is 0 Å². The first kappa shape index (κ1) is 17.1. The maximum atomic E-state index is 12.0. The van der Waals surface area contributed by atoms with E-state index in [-0.39, 0.29) is 12.4 Å². The van der Waals surface area contributed by atoms with Crippen LogP contribution in [0.5, 0.6) is 0 Å². The van der Waals surface area contributed by atoms with Crippen molar-refractivity contribution in [2.45, 2.75) is 33.6 Å². The fraction of sp³-hybridized carbons (Fsp3) is 0.467. The number of ether oxygens (including phenoxy) is 1. The van der Waals surface area contributed by atoms with Crippen LogP contribution in [0.3, 0.4) is 0 Å². The predicted molar refractivity (Wildman–Crippen MR) is 88.2 cm³/mol. The Morgan fingerprint density at radius 3 is 2.70 bits per heavy atom. The number of fused-ring (bicyclic) bond motifs is 1. The molecule has 23 heavy (non-hydrogen) atoms. The molecule has 2 aromatic heterocycles. The Balaban J connectivity index is 2.32. The van der Waals surface area contributed by atoms with Crippen molar-refractivity contribution in [3.8, 4) is 0 Å². The Bertz CT molecular complexity index is 742. The predicted octanol–water partition coefficient (Wildman–Crippen LogP) is 2.76. The molecule has 2 rings (SSSR count). The van der Waals surface area contributed by atoms with Crippen LogP contribution in [0.25, 0.3) is 10.2 Å². The molecule has 0 fully saturated rings. The summed E-state index contributed by atoms with van der Waals surface area (Å²) in [7, 11) is 0. The standard InChI is InChI=1S/C15H19N3O4S/c1-4-22-15(21)12-8(2)11-13(16-7-5-6-10(19)20)17-9(3)18-14(11)23-12/h4-7H2,1-3H3,(H,19,20)(H,16,17,18). The number of aliphatic carboxylic acids is 1. The van der Waals surface area contributed by atoms with E-state index in [1.165, 1.54) is 11.3 Å². The van der Waals surface area contributed by atoms with Crippen LogP contribution in [0.1, 0.15) is 40.8 Å². The number of carbonyl (C=O) groups is 2. The van der Waals surface area contributed by atoms with Gasteiger partial charge in [-0.3, -0.25) is 4.79 Å². The first-order valence-corrected chi connectivity index (χ1v) is 8.16. The molecule has 7 nitrogen and oxygen atoms in total. The minimum atomic E-state index is -0.827. The molecule has 0 atom stereocenters. The van der Waals surface area contributed by atoms with Gasteiger partial charge in [0.1, 0.15) is 21.3 Å². The number of aromatic nitrogens is 2. The van der Waals surface area contributed by atoms with Crippen LogP contribution in [0.4, 0.5) is 5.82 Å². The van der Waals surface area contributed by atoms with Crippen LogP contribution in [-0.4, -0.2) is 40.2 Å². The van der Waals surface area contributed by atoms with Gasteiger partial charge in [0.15, 0.2) is 0 Å². The van der Waals surface area contributed by atoms with Gasteiger partial charge in [-0.1, -0.05) is 0 Å². The van der Waals surface area contributed by atoms with Crippen LogP contribution >= 0.6 is 11.3 Å². The number of hydrogen-bond acceptors (Lipinski definition) is 7. The van der Waals surface area contributed by atoms with E-state index in [4.69, 9.17) is 9.84 Å². The third-order valence-electron chi connectivity index (χ3n) is 3.22. The smallest absolute Gasteiger partial charge is 0.348 e. The second-order valence-electron chi connectivity index (χ2n) is 5.00. The van der Waals surface area contributed by atoms with Crippen molar-refractivity contribution in [1.29, 1.82) is 0 Å². The molecule has 0 unspecified atom stereocenters. The zero-order valence-corrected chi connectivity index (χ0v) is 14.1. The number of carboxylic acid groups (broad SMARTS) is 1. The van der Waals surface area contributed by atoms with Gasteiger partial charge in [0.2, 0.25) is 0 Å². The van der Waals surface area contributed by atoms with E-state index in [0.29, 0.717) is 36.1 Å². The number of thiophene rings is 1. The number of esters is 1. The van der Waals surface area contributed by atoms with Gasteiger partial charge < -0.3 is 15.2 Å². The normalized spacial score (nSPS) is 10.7. The molecule has 8 heteroatoms. The van der Waals surface area contributed by atoms with Crippen LogP contribution in [0.15, 0.2) is 0 Å². The highest BCUT2D eigenvalue weighted by molar-refractivity contribution is 7.20. The number of aryl methyl sites for hydroxylation is 2. The molecule has 0 radical (unpaired) electrons. The van der Waals surface area contributed by atoms with Gasteiger partial charge in [0, 0.05) is 13.0 Å². The maximum absolute atomic E-state index is 12.0. The summed E-state index contributed by atoms with van der Waals surface area (Å²) in [5.74, 6) is 0.0340. The van der Waals surface area contributed by atoms with E-state index < -0.39 is 5.97 Å². The monoisotopic (exact) mass is 337 g/mol. The first-order valence-electron chi connectivity index (χ1n) is 7.34. The summed E-state index contributed by atoms with van der Waals surface area (Å²) >= 11 is 1.28. The Labute approximate surface area is 137 Å². The Hall–Kier alpha value is -2.22. The molecule has 0 amide bonds. The number of anilines is 1. The topological polar surface area (TPSA) is 101 Å². The summed E-state index contributed by atoms with van der Waals surface area (Å²) < 4.78 is 5.07. The summed E-state index contributed by atoms with van der Waals surface area (Å²) in [6.07, 6.45) is 0.588. The lowest BCUT2D eigenvalue weighted by atomic mass is 10.2. The van der Waals surface area contributed by atoms with E-state index in [9.17, 15) is 9.59 Å². The molecule has 0 aromatic carbocycles. The summed E-state index contributed by atoms with van der Waals surface area (Å²) in [6.45, 7) is 6.19. The highest BCUT2D eigenvalue weighted by atomic mass is 32.1. The van der Waals surface area contributed by atoms with Gasteiger partial charge >= 0.3 is 11.9 Å². The van der Waals surface area contributed by atoms with E-state index in [1.54, 1.807) is 13.8 Å². The summed E-state index contributed by atoms with van der Waals surface area (Å²) in [5, 5.41) is 12.6. The fourth-order valence-electron chi connectivity index (χ4n) is 2.21. The number of rotatable bonds is 7. The van der Waals surface area contributed by atoms with Crippen molar-refractivity contribution in [1.82, 2.24) is 9.97 Å². The fourth-order valence-corrected chi connectivity index (χ4v) is 3.33. The van der Waals surface area contributed by atoms with E-state index >= 15 is 0 Å². The molecule has 0 aliphatic heterocycles. The number of hydrogen-bond donors (Lipinski definition) is 2. The lowest BCUT2D eigenvalue weighted by molar-refractivity contribution is -0.137. The lowest BCUT2D eigenvalue weighted by Gasteiger charge is -2.08. The van der Waals surface area contributed by atoms with Gasteiger partial charge in [-0.25, -0.2) is 14.8 Å². The summed E-state index contributed by atoms with van der Waals surface area (Å²) in [6, 6.07) is 0. The van der Waals surface area contributed by atoms with Gasteiger partial charge in [-0.2, -0.15) is 0 Å². The highest BCUT2D eigenvalue weighted by Gasteiger charge is 2.20. The molecule has 2 N–H and O–H groups in total. The first-order chi connectivity index (χ1) is 10.9. The number of carboxylic acids is 1. The van der Waals surface area contributed by atoms with Crippen LogP contribution in [0.2, 0.25) is 0 Å². The van der Waals surface area contributed by atoms with Crippen molar-refractivity contribution in [3.63, 3.8) is 0 Å². The molecule has 2 aromatic rings. The third kappa shape index (κ3) is 3.95. The average molecular weight is 337 g/mol. The van der Waals surface area contributed by atoms with E-state index in [0.717, 1.165) is 15.8 Å². The van der Waals surface area contributed by atoms with Crippen LogP contribution < -0.4 is 5.32 Å². The van der Waals surface area contributed by atoms with Crippen molar-refractivity contribution in [3.05, 3.63) is 16.3 Å². The molecule has 0 spiro atoms. The number of nitrogens with zero attached hydrogens (tertiary/aromatic N) is 2. The third-order valence-corrected chi connectivity index (χ3v) is 4.39. The Morgan fingerprint density at radius 1 is 1.30 bits per heavy atom. The molecule has 124 valence electrons. The molecular formula is C15H19N3O4S. The molecule has 0 aliphatic carbocycles. The quantitative estimate of drug-likeness (QED) is 0.591. The SMILES string of the molecule is CCOC(=O)c1sc2nc(C)nc(NCCCC(=O)O)c2c1C. The van der Waals surface area contributed by atoms with Gasteiger partial charge in [-0.15, -0.1) is 11.3 Å². The number of carbonyl (C=O) groups excluding carboxylic acids is 1. The largest absolute Gasteiger partial charge is 0.481 e. The van der Waals surface area contributed by atoms with E-state index in [2.05, 4.69) is 15.3 Å². The van der Waals surface area contributed by atoms with Crippen molar-refractivity contribution >= 4 is 39.3 Å². The van der Waals surface area contributed by atoms with Crippen LogP contribution in [-0.2, 0) is 9.53 Å². The Morgan fingerprint density at radius 2 is 2.04 bits per heavy atom. The molecule has 0 saturated heterocycles. The van der Waals surface area contributed by atoms with Crippen molar-refractivity contribution in [2.75, 3.05) is 18.5 Å².